The molecule has 2 aliphatic carbocycles. The average molecular weight is 453 g/mol. The van der Waals surface area contributed by atoms with E-state index in [0.29, 0.717) is 25.2 Å². The molecule has 0 spiro atoms. The maximum atomic E-state index is 12.5. The highest BCUT2D eigenvalue weighted by atomic mass is 16.4. The van der Waals surface area contributed by atoms with Gasteiger partial charge >= 0.3 is 11.9 Å². The van der Waals surface area contributed by atoms with Crippen molar-refractivity contribution < 1.29 is 34.2 Å². The first kappa shape index (κ1) is 25.8. The SMILES string of the molecule is CC(CCC(=O)NC(CCC(N)=O)C(=O)O)C1CCC2C(CCC(=O)O)C(=O)CCC12C. The molecule has 2 amide bonds. The molecule has 9 heteroatoms. The van der Waals surface area contributed by atoms with Gasteiger partial charge < -0.3 is 21.3 Å². The topological polar surface area (TPSA) is 164 Å². The molecule has 0 bridgehead atoms. The Balaban J connectivity index is 1.94. The summed E-state index contributed by atoms with van der Waals surface area (Å²) in [4.78, 5) is 58.1. The van der Waals surface area contributed by atoms with Crippen molar-refractivity contribution in [2.24, 2.45) is 34.8 Å². The second-order valence-electron chi connectivity index (χ2n) is 9.78. The van der Waals surface area contributed by atoms with E-state index in [0.717, 1.165) is 19.3 Å². The number of amides is 2. The third-order valence-electron chi connectivity index (χ3n) is 7.79. The van der Waals surface area contributed by atoms with Crippen LogP contribution in [-0.2, 0) is 24.0 Å². The van der Waals surface area contributed by atoms with Crippen molar-refractivity contribution in [3.8, 4) is 0 Å². The highest BCUT2D eigenvalue weighted by Crippen LogP contribution is 2.59. The molecule has 5 N–H and O–H groups in total. The highest BCUT2D eigenvalue weighted by molar-refractivity contribution is 5.84. The van der Waals surface area contributed by atoms with Crippen molar-refractivity contribution in [3.63, 3.8) is 0 Å². The van der Waals surface area contributed by atoms with E-state index >= 15 is 0 Å². The fourth-order valence-corrected chi connectivity index (χ4v) is 6.07. The van der Waals surface area contributed by atoms with Crippen LogP contribution in [0.25, 0.3) is 0 Å². The average Bonchev–Trinajstić information content (AvgIpc) is 3.05. The maximum Gasteiger partial charge on any atom is 0.326 e. The van der Waals surface area contributed by atoms with Crippen molar-refractivity contribution >= 4 is 29.5 Å². The van der Waals surface area contributed by atoms with E-state index in [9.17, 15) is 29.1 Å². The number of primary amides is 1. The van der Waals surface area contributed by atoms with Crippen molar-refractivity contribution in [3.05, 3.63) is 0 Å². The van der Waals surface area contributed by atoms with Crippen molar-refractivity contribution in [1.29, 1.82) is 0 Å². The van der Waals surface area contributed by atoms with E-state index in [1.165, 1.54) is 0 Å². The summed E-state index contributed by atoms with van der Waals surface area (Å²) < 4.78 is 0. The number of aliphatic carboxylic acids is 2. The molecule has 2 aliphatic rings. The van der Waals surface area contributed by atoms with Gasteiger partial charge in [0.25, 0.3) is 0 Å². The van der Waals surface area contributed by atoms with Crippen LogP contribution in [0, 0.1) is 29.1 Å². The van der Waals surface area contributed by atoms with Crippen LogP contribution in [0.2, 0.25) is 0 Å². The first-order valence-corrected chi connectivity index (χ1v) is 11.5. The fraction of sp³-hybridized carbons (Fsp3) is 0.783. The van der Waals surface area contributed by atoms with E-state index in [4.69, 9.17) is 10.8 Å². The fourth-order valence-electron chi connectivity index (χ4n) is 6.07. The summed E-state index contributed by atoms with van der Waals surface area (Å²) in [5.74, 6) is -2.38. The zero-order valence-electron chi connectivity index (χ0n) is 19.0. The van der Waals surface area contributed by atoms with Crippen molar-refractivity contribution in [2.45, 2.75) is 84.1 Å². The Labute approximate surface area is 188 Å². The van der Waals surface area contributed by atoms with Crippen LogP contribution in [-0.4, -0.2) is 45.8 Å². The van der Waals surface area contributed by atoms with Crippen LogP contribution >= 0.6 is 0 Å². The Hall–Kier alpha value is -2.45. The van der Waals surface area contributed by atoms with E-state index in [1.54, 1.807) is 0 Å². The van der Waals surface area contributed by atoms with Crippen LogP contribution in [0.15, 0.2) is 0 Å². The predicted molar refractivity (Wildman–Crippen MR) is 115 cm³/mol. The molecule has 0 aromatic carbocycles. The molecule has 0 aliphatic heterocycles. The first-order chi connectivity index (χ1) is 15.0. The van der Waals surface area contributed by atoms with E-state index in [-0.39, 0.29) is 60.5 Å². The summed E-state index contributed by atoms with van der Waals surface area (Å²) in [5.41, 5.74) is 5.01. The number of nitrogens with two attached hydrogens (primary N) is 1. The largest absolute Gasteiger partial charge is 0.481 e. The summed E-state index contributed by atoms with van der Waals surface area (Å²) in [6.45, 7) is 4.30. The maximum absolute atomic E-state index is 12.5. The second kappa shape index (κ2) is 10.9. The Kier molecular flexibility index (Phi) is 8.81. The number of Topliss-reactive ketones (excluding diaryl/α,β-unsaturated/α-hetero) is 1. The summed E-state index contributed by atoms with van der Waals surface area (Å²) in [7, 11) is 0. The summed E-state index contributed by atoms with van der Waals surface area (Å²) >= 11 is 0. The Bertz CT molecular complexity index is 753. The minimum Gasteiger partial charge on any atom is -0.481 e. The summed E-state index contributed by atoms with van der Waals surface area (Å²) in [5, 5.41) is 20.8. The summed E-state index contributed by atoms with van der Waals surface area (Å²) in [6, 6.07) is -1.14. The zero-order valence-corrected chi connectivity index (χ0v) is 19.0. The number of carbonyl (C=O) groups is 5. The van der Waals surface area contributed by atoms with Gasteiger partial charge in [-0.15, -0.1) is 0 Å². The quantitative estimate of drug-likeness (QED) is 0.352. The number of ketones is 1. The molecule has 9 nitrogen and oxygen atoms in total. The van der Waals surface area contributed by atoms with Crippen LogP contribution in [0.1, 0.15) is 78.1 Å². The van der Waals surface area contributed by atoms with Gasteiger partial charge in [0.15, 0.2) is 0 Å². The molecule has 2 rings (SSSR count). The van der Waals surface area contributed by atoms with Gasteiger partial charge in [-0.3, -0.25) is 19.2 Å². The van der Waals surface area contributed by atoms with Crippen LogP contribution in [0.3, 0.4) is 0 Å². The number of nitrogens with one attached hydrogen (secondary N) is 1. The normalized spacial score (nSPS) is 29.1. The number of carbonyl (C=O) groups excluding carboxylic acids is 3. The molecule has 2 fully saturated rings. The number of hydrogen-bond acceptors (Lipinski definition) is 5. The van der Waals surface area contributed by atoms with Crippen LogP contribution in [0.5, 0.6) is 0 Å². The van der Waals surface area contributed by atoms with E-state index in [1.807, 2.05) is 0 Å². The molecular weight excluding hydrogens is 416 g/mol. The number of hydrogen-bond donors (Lipinski definition) is 4. The van der Waals surface area contributed by atoms with E-state index < -0.39 is 23.9 Å². The third kappa shape index (κ3) is 6.29. The lowest BCUT2D eigenvalue weighted by Gasteiger charge is -2.46. The van der Waals surface area contributed by atoms with Crippen LogP contribution in [0.4, 0.5) is 0 Å². The van der Waals surface area contributed by atoms with Gasteiger partial charge in [0, 0.05) is 31.6 Å². The predicted octanol–water partition coefficient (Wildman–Crippen LogP) is 2.11. The molecule has 0 aromatic rings. The first-order valence-electron chi connectivity index (χ1n) is 11.5. The minimum absolute atomic E-state index is 0.00384. The highest BCUT2D eigenvalue weighted by Gasteiger charge is 2.54. The zero-order chi connectivity index (χ0) is 24.1. The van der Waals surface area contributed by atoms with Gasteiger partial charge in [-0.2, -0.15) is 0 Å². The molecule has 32 heavy (non-hydrogen) atoms. The number of carboxylic acid groups (broad SMARTS) is 2. The smallest absolute Gasteiger partial charge is 0.326 e. The Morgan fingerprint density at radius 1 is 1.12 bits per heavy atom. The Morgan fingerprint density at radius 2 is 1.81 bits per heavy atom. The van der Waals surface area contributed by atoms with Crippen LogP contribution < -0.4 is 11.1 Å². The molecule has 0 radical (unpaired) electrons. The lowest BCUT2D eigenvalue weighted by Crippen LogP contribution is -2.43. The lowest BCUT2D eigenvalue weighted by molar-refractivity contribution is -0.142. The molecule has 0 aromatic heterocycles. The molecule has 6 unspecified atom stereocenters. The molecule has 0 heterocycles. The van der Waals surface area contributed by atoms with E-state index in [2.05, 4.69) is 19.2 Å². The molecule has 2 saturated carbocycles. The van der Waals surface area contributed by atoms with Gasteiger partial charge in [0.1, 0.15) is 11.8 Å². The summed E-state index contributed by atoms with van der Waals surface area (Å²) in [6.07, 6.45) is 4.10. The van der Waals surface area contributed by atoms with Gasteiger partial charge in [0.2, 0.25) is 11.8 Å². The third-order valence-corrected chi connectivity index (χ3v) is 7.79. The minimum atomic E-state index is -1.20. The molecule has 6 atom stereocenters. The van der Waals surface area contributed by atoms with Gasteiger partial charge in [0.05, 0.1) is 0 Å². The molecule has 180 valence electrons. The van der Waals surface area contributed by atoms with Gasteiger partial charge in [-0.1, -0.05) is 13.8 Å². The second-order valence-corrected chi connectivity index (χ2v) is 9.78. The van der Waals surface area contributed by atoms with Crippen molar-refractivity contribution in [1.82, 2.24) is 5.32 Å². The standard InChI is InChI=1S/C23H36N2O7/c1-13(3-9-20(28)25-17(22(31)32)7-8-19(24)27)15-5-6-16-14(4-10-21(29)30)18(26)11-12-23(15,16)2/h13-17H,3-12H2,1-2H3,(H2,24,27)(H,25,28)(H,29,30)(H,31,32). The van der Waals surface area contributed by atoms with Crippen molar-refractivity contribution in [2.75, 3.05) is 0 Å². The number of fused-ring (bicyclic) bond motifs is 1. The molecular formula is C23H36N2O7. The molecule has 0 saturated heterocycles. The Morgan fingerprint density at radius 3 is 2.41 bits per heavy atom. The lowest BCUT2D eigenvalue weighted by atomic mass is 9.58. The monoisotopic (exact) mass is 452 g/mol. The number of rotatable bonds is 12. The number of carboxylic acids is 2. The van der Waals surface area contributed by atoms with Gasteiger partial charge in [-0.05, 0) is 61.7 Å². The van der Waals surface area contributed by atoms with Gasteiger partial charge in [-0.25, -0.2) is 4.79 Å².